The molecular formula is C12H17NO3. The van der Waals surface area contributed by atoms with Gasteiger partial charge in [-0.25, -0.2) is 4.79 Å². The lowest BCUT2D eigenvalue weighted by molar-refractivity contribution is 0.0698. The van der Waals surface area contributed by atoms with Gasteiger partial charge in [0.1, 0.15) is 0 Å². The summed E-state index contributed by atoms with van der Waals surface area (Å²) >= 11 is 0. The van der Waals surface area contributed by atoms with Crippen molar-refractivity contribution in [3.63, 3.8) is 0 Å². The zero-order valence-corrected chi connectivity index (χ0v) is 9.56. The maximum atomic E-state index is 11.0. The highest BCUT2D eigenvalue weighted by molar-refractivity contribution is 5.94. The van der Waals surface area contributed by atoms with Crippen molar-refractivity contribution in [1.29, 1.82) is 0 Å². The highest BCUT2D eigenvalue weighted by Crippen LogP contribution is 2.16. The summed E-state index contributed by atoms with van der Waals surface area (Å²) < 4.78 is 4.97. The Morgan fingerprint density at radius 2 is 2.19 bits per heavy atom. The Bertz CT molecular complexity index is 352. The van der Waals surface area contributed by atoms with Crippen molar-refractivity contribution < 1.29 is 14.6 Å². The average molecular weight is 223 g/mol. The summed E-state index contributed by atoms with van der Waals surface area (Å²) in [7, 11) is 1.65. The van der Waals surface area contributed by atoms with E-state index in [4.69, 9.17) is 9.84 Å². The van der Waals surface area contributed by atoms with Gasteiger partial charge in [0, 0.05) is 25.4 Å². The first-order chi connectivity index (χ1) is 7.65. The fraction of sp³-hybridized carbons (Fsp3) is 0.417. The van der Waals surface area contributed by atoms with Crippen LogP contribution in [0.4, 0.5) is 5.69 Å². The maximum Gasteiger partial charge on any atom is 0.337 e. The second-order valence-corrected chi connectivity index (χ2v) is 3.68. The van der Waals surface area contributed by atoms with E-state index >= 15 is 0 Å². The van der Waals surface area contributed by atoms with Crippen LogP contribution in [0.15, 0.2) is 24.3 Å². The molecule has 2 N–H and O–H groups in total. The van der Waals surface area contributed by atoms with Crippen molar-refractivity contribution in [2.24, 2.45) is 0 Å². The number of carboxylic acids is 1. The molecule has 88 valence electrons. The van der Waals surface area contributed by atoms with Gasteiger partial charge < -0.3 is 15.2 Å². The Morgan fingerprint density at radius 3 is 2.81 bits per heavy atom. The third-order valence-electron chi connectivity index (χ3n) is 2.31. The highest BCUT2D eigenvalue weighted by Gasteiger charge is 2.10. The molecule has 0 saturated carbocycles. The van der Waals surface area contributed by atoms with Crippen LogP contribution in [0.2, 0.25) is 0 Å². The summed E-state index contributed by atoms with van der Waals surface area (Å²) in [4.78, 5) is 11.0. The van der Waals surface area contributed by atoms with Crippen LogP contribution in [0.1, 0.15) is 23.7 Å². The first kappa shape index (κ1) is 12.5. The van der Waals surface area contributed by atoms with Crippen LogP contribution < -0.4 is 5.32 Å². The van der Waals surface area contributed by atoms with Crippen LogP contribution in [-0.4, -0.2) is 30.8 Å². The molecule has 0 bridgehead atoms. The van der Waals surface area contributed by atoms with E-state index < -0.39 is 5.97 Å². The molecule has 1 atom stereocenters. The summed E-state index contributed by atoms with van der Waals surface area (Å²) in [6, 6.07) is 7.08. The quantitative estimate of drug-likeness (QED) is 0.776. The summed E-state index contributed by atoms with van der Waals surface area (Å²) in [6.45, 7) is 2.65. The summed E-state index contributed by atoms with van der Waals surface area (Å²) in [5, 5.41) is 12.2. The average Bonchev–Trinajstić information content (AvgIpc) is 2.27. The molecule has 0 radical (unpaired) electrons. The lowest BCUT2D eigenvalue weighted by Crippen LogP contribution is -2.19. The first-order valence-electron chi connectivity index (χ1n) is 5.23. The van der Waals surface area contributed by atoms with Crippen LogP contribution in [0.3, 0.4) is 0 Å². The van der Waals surface area contributed by atoms with E-state index in [1.807, 2.05) is 13.0 Å². The molecule has 1 unspecified atom stereocenters. The number of anilines is 1. The Labute approximate surface area is 95.2 Å². The number of carboxylic acid groups (broad SMARTS) is 1. The second-order valence-electron chi connectivity index (χ2n) is 3.68. The largest absolute Gasteiger partial charge is 0.478 e. The van der Waals surface area contributed by atoms with E-state index in [0.717, 1.165) is 6.42 Å². The molecule has 4 nitrogen and oxygen atoms in total. The molecule has 16 heavy (non-hydrogen) atoms. The summed E-state index contributed by atoms with van der Waals surface area (Å²) in [5.74, 6) is -0.915. The molecule has 1 rings (SSSR count). The fourth-order valence-corrected chi connectivity index (χ4v) is 1.43. The molecule has 1 aromatic rings. The van der Waals surface area contributed by atoms with Crippen molar-refractivity contribution in [2.75, 3.05) is 19.0 Å². The monoisotopic (exact) mass is 223 g/mol. The molecule has 0 spiro atoms. The number of methoxy groups -OCH3 is 1. The van der Waals surface area contributed by atoms with Gasteiger partial charge in [0.05, 0.1) is 5.56 Å². The molecule has 4 heteroatoms. The van der Waals surface area contributed by atoms with Gasteiger partial charge in [-0.1, -0.05) is 12.1 Å². The third-order valence-corrected chi connectivity index (χ3v) is 2.31. The molecule has 1 aromatic carbocycles. The van der Waals surface area contributed by atoms with Gasteiger partial charge in [0.15, 0.2) is 0 Å². The van der Waals surface area contributed by atoms with E-state index in [1.54, 1.807) is 25.3 Å². The number of rotatable bonds is 6. The SMILES string of the molecule is COCCC(C)Nc1ccccc1C(=O)O. The minimum absolute atomic E-state index is 0.181. The number of nitrogens with one attached hydrogen (secondary N) is 1. The van der Waals surface area contributed by atoms with Gasteiger partial charge in [-0.15, -0.1) is 0 Å². The van der Waals surface area contributed by atoms with Crippen molar-refractivity contribution in [1.82, 2.24) is 0 Å². The number of carbonyl (C=O) groups is 1. The predicted octanol–water partition coefficient (Wildman–Crippen LogP) is 2.22. The molecule has 0 fully saturated rings. The Morgan fingerprint density at radius 1 is 1.50 bits per heavy atom. The number of hydrogen-bond donors (Lipinski definition) is 2. The minimum Gasteiger partial charge on any atom is -0.478 e. The van der Waals surface area contributed by atoms with E-state index in [9.17, 15) is 4.79 Å². The zero-order chi connectivity index (χ0) is 12.0. The van der Waals surface area contributed by atoms with Gasteiger partial charge in [-0.2, -0.15) is 0 Å². The number of aromatic carboxylic acids is 1. The predicted molar refractivity (Wildman–Crippen MR) is 63.0 cm³/mol. The minimum atomic E-state index is -0.915. The smallest absolute Gasteiger partial charge is 0.337 e. The van der Waals surface area contributed by atoms with E-state index in [-0.39, 0.29) is 6.04 Å². The van der Waals surface area contributed by atoms with Crippen LogP contribution in [0, 0.1) is 0 Å². The van der Waals surface area contributed by atoms with Crippen molar-refractivity contribution in [3.05, 3.63) is 29.8 Å². The van der Waals surface area contributed by atoms with Gasteiger partial charge in [0.25, 0.3) is 0 Å². The van der Waals surface area contributed by atoms with Crippen molar-refractivity contribution in [2.45, 2.75) is 19.4 Å². The Kier molecular flexibility index (Phi) is 4.79. The molecule has 0 heterocycles. The molecular weight excluding hydrogens is 206 g/mol. The van der Waals surface area contributed by atoms with E-state index in [2.05, 4.69) is 5.32 Å². The standard InChI is InChI=1S/C12H17NO3/c1-9(7-8-16-2)13-11-6-4-3-5-10(11)12(14)15/h3-6,9,13H,7-8H2,1-2H3,(H,14,15). The molecule has 0 aliphatic heterocycles. The normalized spacial score (nSPS) is 12.1. The van der Waals surface area contributed by atoms with Crippen LogP contribution in [0.5, 0.6) is 0 Å². The van der Waals surface area contributed by atoms with Crippen LogP contribution in [-0.2, 0) is 4.74 Å². The van der Waals surface area contributed by atoms with Gasteiger partial charge in [-0.05, 0) is 25.5 Å². The molecule has 0 aromatic heterocycles. The van der Waals surface area contributed by atoms with Crippen LogP contribution >= 0.6 is 0 Å². The lowest BCUT2D eigenvalue weighted by Gasteiger charge is -2.16. The molecule has 0 aliphatic carbocycles. The maximum absolute atomic E-state index is 11.0. The van der Waals surface area contributed by atoms with Crippen molar-refractivity contribution >= 4 is 11.7 Å². The third kappa shape index (κ3) is 3.55. The highest BCUT2D eigenvalue weighted by atomic mass is 16.5. The summed E-state index contributed by atoms with van der Waals surface area (Å²) in [6.07, 6.45) is 0.838. The topological polar surface area (TPSA) is 58.6 Å². The molecule has 0 aliphatic rings. The fourth-order valence-electron chi connectivity index (χ4n) is 1.43. The van der Waals surface area contributed by atoms with Gasteiger partial charge >= 0.3 is 5.97 Å². The van der Waals surface area contributed by atoms with E-state index in [0.29, 0.717) is 17.9 Å². The Hall–Kier alpha value is -1.55. The number of hydrogen-bond acceptors (Lipinski definition) is 3. The zero-order valence-electron chi connectivity index (χ0n) is 9.56. The van der Waals surface area contributed by atoms with Gasteiger partial charge in [-0.3, -0.25) is 0 Å². The van der Waals surface area contributed by atoms with Crippen LogP contribution in [0.25, 0.3) is 0 Å². The number of benzene rings is 1. The lowest BCUT2D eigenvalue weighted by atomic mass is 10.1. The first-order valence-corrected chi connectivity index (χ1v) is 5.23. The van der Waals surface area contributed by atoms with Gasteiger partial charge in [0.2, 0.25) is 0 Å². The van der Waals surface area contributed by atoms with Crippen molar-refractivity contribution in [3.8, 4) is 0 Å². The molecule has 0 saturated heterocycles. The second kappa shape index (κ2) is 6.12. The number of ether oxygens (including phenoxy) is 1. The Balaban J connectivity index is 2.69. The van der Waals surface area contributed by atoms with E-state index in [1.165, 1.54) is 0 Å². The number of para-hydroxylation sites is 1. The summed E-state index contributed by atoms with van der Waals surface area (Å²) in [5.41, 5.74) is 0.949. The molecule has 0 amide bonds.